The molecule has 1 unspecified atom stereocenters. The lowest BCUT2D eigenvalue weighted by Crippen LogP contribution is -2.47. The van der Waals surface area contributed by atoms with Crippen LogP contribution in [0.3, 0.4) is 0 Å². The van der Waals surface area contributed by atoms with Crippen molar-refractivity contribution in [2.75, 3.05) is 24.5 Å². The minimum Gasteiger partial charge on any atom is -0.352 e. The molecule has 0 aliphatic carbocycles. The molecule has 0 saturated carbocycles. The molecule has 0 amide bonds. The Morgan fingerprint density at radius 1 is 1.37 bits per heavy atom. The van der Waals surface area contributed by atoms with Crippen LogP contribution in [0.4, 0.5) is 5.82 Å². The Hall–Kier alpha value is -1.16. The Bertz CT molecular complexity index is 399. The first kappa shape index (κ1) is 14.3. The summed E-state index contributed by atoms with van der Waals surface area (Å²) in [6, 6.07) is 2.74. The fourth-order valence-electron chi connectivity index (χ4n) is 2.76. The lowest BCUT2D eigenvalue weighted by molar-refractivity contribution is 0.428. The van der Waals surface area contributed by atoms with Gasteiger partial charge >= 0.3 is 0 Å². The van der Waals surface area contributed by atoms with Crippen LogP contribution in [0.1, 0.15) is 44.6 Å². The van der Waals surface area contributed by atoms with Gasteiger partial charge in [-0.2, -0.15) is 0 Å². The normalized spacial score (nSPS) is 19.4. The van der Waals surface area contributed by atoms with E-state index in [4.69, 9.17) is 0 Å². The van der Waals surface area contributed by atoms with E-state index in [2.05, 4.69) is 40.1 Å². The summed E-state index contributed by atoms with van der Waals surface area (Å²) in [4.78, 5) is 11.6. The zero-order chi connectivity index (χ0) is 13.7. The second kappa shape index (κ2) is 6.85. The first-order chi connectivity index (χ1) is 9.24. The third-order valence-electron chi connectivity index (χ3n) is 3.71. The van der Waals surface area contributed by atoms with Crippen LogP contribution in [0.2, 0.25) is 0 Å². The first-order valence-corrected chi connectivity index (χ1v) is 7.56. The molecule has 2 heterocycles. The monoisotopic (exact) mass is 262 g/mol. The Labute approximate surface area is 116 Å². The van der Waals surface area contributed by atoms with Crippen molar-refractivity contribution in [1.29, 1.82) is 0 Å². The Morgan fingerprint density at radius 3 is 2.84 bits per heavy atom. The number of piperidine rings is 1. The van der Waals surface area contributed by atoms with Crippen LogP contribution in [0.25, 0.3) is 0 Å². The summed E-state index contributed by atoms with van der Waals surface area (Å²) in [6.45, 7) is 9.68. The van der Waals surface area contributed by atoms with E-state index in [9.17, 15) is 0 Å². The third-order valence-corrected chi connectivity index (χ3v) is 3.71. The summed E-state index contributed by atoms with van der Waals surface area (Å²) in [5.74, 6) is 2.00. The molecule has 1 saturated heterocycles. The number of aromatic nitrogens is 2. The van der Waals surface area contributed by atoms with Crippen LogP contribution in [0.5, 0.6) is 0 Å². The van der Waals surface area contributed by atoms with Crippen molar-refractivity contribution >= 4 is 5.82 Å². The molecule has 1 N–H and O–H groups in total. The summed E-state index contributed by atoms with van der Waals surface area (Å²) in [5.41, 5.74) is 1.15. The van der Waals surface area contributed by atoms with E-state index in [-0.39, 0.29) is 0 Å². The van der Waals surface area contributed by atoms with Crippen LogP contribution in [-0.2, 0) is 6.42 Å². The van der Waals surface area contributed by atoms with E-state index in [1.54, 1.807) is 0 Å². The molecular formula is C15H26N4. The summed E-state index contributed by atoms with van der Waals surface area (Å²) in [7, 11) is 0. The molecule has 2 rings (SSSR count). The van der Waals surface area contributed by atoms with Gasteiger partial charge in [0.25, 0.3) is 0 Å². The van der Waals surface area contributed by atoms with Crippen LogP contribution >= 0.6 is 0 Å². The highest BCUT2D eigenvalue weighted by Gasteiger charge is 2.22. The molecule has 1 fully saturated rings. The fourth-order valence-corrected chi connectivity index (χ4v) is 2.76. The van der Waals surface area contributed by atoms with Crippen LogP contribution in [0, 0.1) is 6.92 Å². The minimum atomic E-state index is 0.577. The Balaban J connectivity index is 2.24. The predicted molar refractivity (Wildman–Crippen MR) is 79.7 cm³/mol. The number of anilines is 1. The highest BCUT2D eigenvalue weighted by atomic mass is 15.2. The molecule has 1 atom stereocenters. The number of hydrogen-bond acceptors (Lipinski definition) is 4. The second-order valence-electron chi connectivity index (χ2n) is 5.31. The van der Waals surface area contributed by atoms with Gasteiger partial charge in [0, 0.05) is 30.9 Å². The zero-order valence-electron chi connectivity index (χ0n) is 12.4. The molecule has 1 aliphatic rings. The summed E-state index contributed by atoms with van der Waals surface area (Å²) >= 11 is 0. The van der Waals surface area contributed by atoms with Crippen molar-refractivity contribution < 1.29 is 0 Å². The van der Waals surface area contributed by atoms with Crippen LogP contribution in [-0.4, -0.2) is 35.6 Å². The summed E-state index contributed by atoms with van der Waals surface area (Å²) in [6.07, 6.45) is 4.65. The molecule has 1 aromatic heterocycles. The number of rotatable bonds is 5. The van der Waals surface area contributed by atoms with E-state index in [1.165, 1.54) is 12.8 Å². The lowest BCUT2D eigenvalue weighted by Gasteiger charge is -2.35. The van der Waals surface area contributed by atoms with Crippen molar-refractivity contribution in [2.45, 2.75) is 52.5 Å². The second-order valence-corrected chi connectivity index (χ2v) is 5.31. The van der Waals surface area contributed by atoms with Gasteiger partial charge in [0.15, 0.2) is 0 Å². The molecule has 1 aromatic rings. The smallest absolute Gasteiger partial charge is 0.132 e. The zero-order valence-corrected chi connectivity index (χ0v) is 12.4. The van der Waals surface area contributed by atoms with E-state index in [0.29, 0.717) is 6.04 Å². The van der Waals surface area contributed by atoms with Crippen molar-refractivity contribution in [3.8, 4) is 0 Å². The van der Waals surface area contributed by atoms with Gasteiger partial charge in [-0.15, -0.1) is 0 Å². The van der Waals surface area contributed by atoms with Crippen molar-refractivity contribution in [3.63, 3.8) is 0 Å². The molecule has 1 aliphatic heterocycles. The first-order valence-electron chi connectivity index (χ1n) is 7.56. The molecule has 106 valence electrons. The van der Waals surface area contributed by atoms with Gasteiger partial charge in [-0.3, -0.25) is 0 Å². The van der Waals surface area contributed by atoms with Gasteiger partial charge in [-0.05, 0) is 39.2 Å². The van der Waals surface area contributed by atoms with Crippen molar-refractivity contribution in [3.05, 3.63) is 17.6 Å². The van der Waals surface area contributed by atoms with E-state index >= 15 is 0 Å². The van der Waals surface area contributed by atoms with Gasteiger partial charge in [0.2, 0.25) is 0 Å². The summed E-state index contributed by atoms with van der Waals surface area (Å²) in [5, 5.41) is 3.50. The Morgan fingerprint density at radius 2 is 2.21 bits per heavy atom. The van der Waals surface area contributed by atoms with Gasteiger partial charge in [0.05, 0.1) is 0 Å². The van der Waals surface area contributed by atoms with Crippen molar-refractivity contribution in [2.24, 2.45) is 0 Å². The van der Waals surface area contributed by atoms with Gasteiger partial charge in [-0.25, -0.2) is 9.97 Å². The maximum atomic E-state index is 4.66. The molecule has 0 radical (unpaired) electrons. The number of aryl methyl sites for hydroxylation is 2. The molecule has 0 bridgehead atoms. The predicted octanol–water partition coefficient (Wildman–Crippen LogP) is 2.32. The highest BCUT2D eigenvalue weighted by Crippen LogP contribution is 2.20. The average molecular weight is 262 g/mol. The minimum absolute atomic E-state index is 0.577. The highest BCUT2D eigenvalue weighted by molar-refractivity contribution is 5.41. The molecular weight excluding hydrogens is 236 g/mol. The maximum absolute atomic E-state index is 4.66. The van der Waals surface area contributed by atoms with E-state index in [1.807, 2.05) is 6.92 Å². The molecule has 0 aromatic carbocycles. The largest absolute Gasteiger partial charge is 0.352 e. The molecule has 4 nitrogen and oxygen atoms in total. The average Bonchev–Trinajstić information content (AvgIpc) is 2.45. The molecule has 0 spiro atoms. The van der Waals surface area contributed by atoms with Gasteiger partial charge < -0.3 is 10.2 Å². The van der Waals surface area contributed by atoms with Gasteiger partial charge in [0.1, 0.15) is 11.6 Å². The number of hydrogen-bond donors (Lipinski definition) is 1. The number of nitrogens with zero attached hydrogens (tertiary/aromatic N) is 3. The fraction of sp³-hybridized carbons (Fsp3) is 0.733. The summed E-state index contributed by atoms with van der Waals surface area (Å²) < 4.78 is 0. The van der Waals surface area contributed by atoms with Crippen LogP contribution < -0.4 is 10.2 Å². The van der Waals surface area contributed by atoms with Crippen LogP contribution in [0.15, 0.2) is 6.07 Å². The van der Waals surface area contributed by atoms with Gasteiger partial charge in [-0.1, -0.05) is 13.8 Å². The molecule has 4 heteroatoms. The lowest BCUT2D eigenvalue weighted by atomic mass is 10.1. The quantitative estimate of drug-likeness (QED) is 0.884. The Kier molecular flexibility index (Phi) is 5.14. The van der Waals surface area contributed by atoms with Crippen molar-refractivity contribution in [1.82, 2.24) is 15.3 Å². The third kappa shape index (κ3) is 3.66. The maximum Gasteiger partial charge on any atom is 0.132 e. The standard InChI is InChI=1S/C15H26N4/c1-4-9-19(14-7-6-8-16-11-14)15-10-13(5-2)17-12(3)18-15/h10,14,16H,4-9,11H2,1-3H3. The molecule has 19 heavy (non-hydrogen) atoms. The van der Waals surface area contributed by atoms with E-state index in [0.717, 1.165) is 49.8 Å². The topological polar surface area (TPSA) is 41.1 Å². The number of nitrogens with one attached hydrogen (secondary N) is 1. The van der Waals surface area contributed by atoms with E-state index < -0.39 is 0 Å². The SMILES string of the molecule is CCCN(c1cc(CC)nc(C)n1)C1CCCNC1.